The van der Waals surface area contributed by atoms with Gasteiger partial charge in [-0.2, -0.15) is 0 Å². The topological polar surface area (TPSA) is 85.4 Å². The molecule has 194 valence electrons. The predicted molar refractivity (Wildman–Crippen MR) is 137 cm³/mol. The number of nitrogens with zero attached hydrogens (tertiary/aromatic N) is 2. The molecule has 0 spiro atoms. The average molecular weight is 515 g/mol. The SMILES string of the molecule is COc1cc(C2C(C(=O)c3cccs3)C(=O)C(=O)N2CCN2CCOCC2)ccc1OCCC(C)C. The number of rotatable bonds is 11. The molecule has 0 aliphatic carbocycles. The number of ether oxygens (including phenoxy) is 3. The summed E-state index contributed by atoms with van der Waals surface area (Å²) in [6, 6.07) is 8.19. The van der Waals surface area contributed by atoms with Gasteiger partial charge in [0.25, 0.3) is 5.91 Å². The maximum absolute atomic E-state index is 13.5. The van der Waals surface area contributed by atoms with E-state index < -0.39 is 23.7 Å². The number of morpholine rings is 1. The zero-order valence-corrected chi connectivity index (χ0v) is 21.9. The number of hydrogen-bond acceptors (Lipinski definition) is 8. The Morgan fingerprint density at radius 3 is 2.58 bits per heavy atom. The third-order valence-electron chi connectivity index (χ3n) is 6.69. The van der Waals surface area contributed by atoms with Crippen molar-refractivity contribution in [2.75, 3.05) is 53.1 Å². The molecule has 3 heterocycles. The zero-order valence-electron chi connectivity index (χ0n) is 21.1. The number of carbonyl (C=O) groups excluding carboxylic acids is 3. The third kappa shape index (κ3) is 5.79. The molecule has 8 nitrogen and oxygen atoms in total. The van der Waals surface area contributed by atoms with E-state index in [-0.39, 0.29) is 5.78 Å². The van der Waals surface area contributed by atoms with E-state index >= 15 is 0 Å². The van der Waals surface area contributed by atoms with Gasteiger partial charge < -0.3 is 19.1 Å². The minimum absolute atomic E-state index is 0.321. The van der Waals surface area contributed by atoms with Crippen molar-refractivity contribution in [2.24, 2.45) is 11.8 Å². The van der Waals surface area contributed by atoms with E-state index in [4.69, 9.17) is 14.2 Å². The van der Waals surface area contributed by atoms with Gasteiger partial charge in [0, 0.05) is 26.2 Å². The number of likely N-dealkylation sites (tertiary alicyclic amines) is 1. The molecule has 0 radical (unpaired) electrons. The van der Waals surface area contributed by atoms with E-state index in [0.717, 1.165) is 19.5 Å². The minimum atomic E-state index is -1.10. The van der Waals surface area contributed by atoms with Crippen molar-refractivity contribution in [3.63, 3.8) is 0 Å². The lowest BCUT2D eigenvalue weighted by atomic mass is 9.88. The van der Waals surface area contributed by atoms with Crippen LogP contribution in [0.5, 0.6) is 11.5 Å². The highest BCUT2D eigenvalue weighted by Gasteiger charge is 2.51. The molecule has 36 heavy (non-hydrogen) atoms. The normalized spacial score (nSPS) is 20.8. The Labute approximate surface area is 216 Å². The summed E-state index contributed by atoms with van der Waals surface area (Å²) < 4.78 is 16.9. The molecule has 2 aliphatic rings. The van der Waals surface area contributed by atoms with Crippen LogP contribution in [0.25, 0.3) is 0 Å². The van der Waals surface area contributed by atoms with Crippen molar-refractivity contribution in [1.82, 2.24) is 9.80 Å². The lowest BCUT2D eigenvalue weighted by molar-refractivity contribution is -0.141. The maximum atomic E-state index is 13.5. The molecule has 0 bridgehead atoms. The van der Waals surface area contributed by atoms with E-state index in [1.54, 1.807) is 41.7 Å². The minimum Gasteiger partial charge on any atom is -0.493 e. The summed E-state index contributed by atoms with van der Waals surface area (Å²) in [6.07, 6.45) is 0.906. The van der Waals surface area contributed by atoms with E-state index in [1.807, 2.05) is 6.07 Å². The third-order valence-corrected chi connectivity index (χ3v) is 7.58. The Balaban J connectivity index is 1.64. The highest BCUT2D eigenvalue weighted by atomic mass is 32.1. The molecule has 4 rings (SSSR count). The maximum Gasteiger partial charge on any atom is 0.291 e. The molecule has 1 aromatic heterocycles. The summed E-state index contributed by atoms with van der Waals surface area (Å²) in [5.74, 6) is -1.07. The second kappa shape index (κ2) is 12.0. The number of benzene rings is 1. The number of ketones is 2. The molecule has 2 unspecified atom stereocenters. The fraction of sp³-hybridized carbons (Fsp3) is 0.519. The molecule has 1 aromatic carbocycles. The highest BCUT2D eigenvalue weighted by molar-refractivity contribution is 7.12. The molecule has 1 amide bonds. The Bertz CT molecular complexity index is 1060. The largest absolute Gasteiger partial charge is 0.493 e. The van der Waals surface area contributed by atoms with E-state index in [1.165, 1.54) is 11.3 Å². The van der Waals surface area contributed by atoms with Crippen LogP contribution in [0.3, 0.4) is 0 Å². The van der Waals surface area contributed by atoms with Gasteiger partial charge in [-0.25, -0.2) is 0 Å². The number of carbonyl (C=O) groups is 3. The van der Waals surface area contributed by atoms with Crippen molar-refractivity contribution in [2.45, 2.75) is 26.3 Å². The van der Waals surface area contributed by atoms with Crippen LogP contribution < -0.4 is 9.47 Å². The first-order valence-electron chi connectivity index (χ1n) is 12.4. The fourth-order valence-electron chi connectivity index (χ4n) is 4.64. The Morgan fingerprint density at radius 1 is 1.14 bits per heavy atom. The van der Waals surface area contributed by atoms with Crippen molar-refractivity contribution in [3.05, 3.63) is 46.2 Å². The smallest absolute Gasteiger partial charge is 0.291 e. The van der Waals surface area contributed by atoms with Gasteiger partial charge in [0.05, 0.1) is 37.8 Å². The Kier molecular flexibility index (Phi) is 8.77. The quantitative estimate of drug-likeness (QED) is 0.258. The summed E-state index contributed by atoms with van der Waals surface area (Å²) in [6.45, 7) is 8.60. The number of methoxy groups -OCH3 is 1. The van der Waals surface area contributed by atoms with Crippen molar-refractivity contribution >= 4 is 28.8 Å². The van der Waals surface area contributed by atoms with E-state index in [0.29, 0.717) is 60.8 Å². The van der Waals surface area contributed by atoms with Gasteiger partial charge in [0.2, 0.25) is 5.78 Å². The monoisotopic (exact) mass is 514 g/mol. The average Bonchev–Trinajstić information content (AvgIpc) is 3.50. The van der Waals surface area contributed by atoms with Gasteiger partial charge in [-0.15, -0.1) is 11.3 Å². The molecule has 0 N–H and O–H groups in total. The second-order valence-electron chi connectivity index (χ2n) is 9.52. The molecule has 2 aliphatic heterocycles. The zero-order chi connectivity index (χ0) is 25.7. The van der Waals surface area contributed by atoms with Gasteiger partial charge >= 0.3 is 0 Å². The van der Waals surface area contributed by atoms with Gasteiger partial charge in [-0.1, -0.05) is 26.0 Å². The first kappa shape index (κ1) is 26.3. The Hall–Kier alpha value is -2.75. The van der Waals surface area contributed by atoms with Gasteiger partial charge in [-0.05, 0) is 41.5 Å². The molecule has 2 saturated heterocycles. The summed E-state index contributed by atoms with van der Waals surface area (Å²) in [7, 11) is 1.56. The lowest BCUT2D eigenvalue weighted by Gasteiger charge is -2.32. The standard InChI is InChI=1S/C27H34N2O6S/c1-18(2)8-13-35-20-7-6-19(17-21(20)33-3)24-23(25(30)22-5-4-16-36-22)26(31)27(32)29(24)10-9-28-11-14-34-15-12-28/h4-7,16-18,23-24H,8-15H2,1-3H3. The van der Waals surface area contributed by atoms with E-state index in [9.17, 15) is 14.4 Å². The number of thiophene rings is 1. The van der Waals surface area contributed by atoms with Crippen molar-refractivity contribution in [3.8, 4) is 11.5 Å². The second-order valence-corrected chi connectivity index (χ2v) is 10.5. The van der Waals surface area contributed by atoms with Gasteiger partial charge in [0.1, 0.15) is 5.92 Å². The van der Waals surface area contributed by atoms with Crippen LogP contribution >= 0.6 is 11.3 Å². The molecular formula is C27H34N2O6S. The van der Waals surface area contributed by atoms with Crippen LogP contribution in [0.1, 0.15) is 41.5 Å². The predicted octanol–water partition coefficient (Wildman–Crippen LogP) is 3.47. The summed E-state index contributed by atoms with van der Waals surface area (Å²) >= 11 is 1.28. The molecule has 0 saturated carbocycles. The summed E-state index contributed by atoms with van der Waals surface area (Å²) in [4.78, 5) is 44.1. The summed E-state index contributed by atoms with van der Waals surface area (Å²) in [5, 5.41) is 1.80. The van der Waals surface area contributed by atoms with Crippen LogP contribution in [0.15, 0.2) is 35.7 Å². The number of Topliss-reactive ketones (excluding diaryl/α,β-unsaturated/α-hetero) is 2. The molecule has 2 fully saturated rings. The van der Waals surface area contributed by atoms with E-state index in [2.05, 4.69) is 18.7 Å². The lowest BCUT2D eigenvalue weighted by Crippen LogP contribution is -2.42. The number of hydrogen-bond donors (Lipinski definition) is 0. The number of amides is 1. The van der Waals surface area contributed by atoms with Crippen LogP contribution in [-0.2, 0) is 14.3 Å². The van der Waals surface area contributed by atoms with Crippen LogP contribution in [0, 0.1) is 11.8 Å². The van der Waals surface area contributed by atoms with Crippen LogP contribution in [-0.4, -0.2) is 80.4 Å². The van der Waals surface area contributed by atoms with Crippen LogP contribution in [0.2, 0.25) is 0 Å². The van der Waals surface area contributed by atoms with Crippen molar-refractivity contribution in [1.29, 1.82) is 0 Å². The van der Waals surface area contributed by atoms with Gasteiger partial charge in [0.15, 0.2) is 17.3 Å². The fourth-order valence-corrected chi connectivity index (χ4v) is 5.34. The van der Waals surface area contributed by atoms with Crippen molar-refractivity contribution < 1.29 is 28.6 Å². The summed E-state index contributed by atoms with van der Waals surface area (Å²) in [5.41, 5.74) is 0.680. The molecule has 9 heteroatoms. The van der Waals surface area contributed by atoms with Crippen LogP contribution in [0.4, 0.5) is 0 Å². The molecular weight excluding hydrogens is 480 g/mol. The molecule has 2 atom stereocenters. The Morgan fingerprint density at radius 2 is 1.92 bits per heavy atom. The molecule has 2 aromatic rings. The first-order chi connectivity index (χ1) is 17.4. The first-order valence-corrected chi connectivity index (χ1v) is 13.3. The highest BCUT2D eigenvalue weighted by Crippen LogP contribution is 2.41. The van der Waals surface area contributed by atoms with Gasteiger partial charge in [-0.3, -0.25) is 19.3 Å².